The minimum absolute atomic E-state index is 0.0992. The number of anilines is 1. The van der Waals surface area contributed by atoms with Crippen molar-refractivity contribution in [3.8, 4) is 11.5 Å². The van der Waals surface area contributed by atoms with Gasteiger partial charge < -0.3 is 4.42 Å². The van der Waals surface area contributed by atoms with Crippen LogP contribution >= 0.6 is 0 Å². The lowest BCUT2D eigenvalue weighted by atomic mass is 10.2. The van der Waals surface area contributed by atoms with E-state index in [0.717, 1.165) is 6.26 Å². The fraction of sp³-hybridized carbons (Fsp3) is 0.375. The van der Waals surface area contributed by atoms with Gasteiger partial charge in [0.15, 0.2) is 9.84 Å². The molecular formula is C24H30N4O6S2. The summed E-state index contributed by atoms with van der Waals surface area (Å²) in [6.45, 7) is 8.65. The van der Waals surface area contributed by atoms with Crippen LogP contribution in [0.2, 0.25) is 0 Å². The molecule has 1 amide bonds. The molecule has 0 fully saturated rings. The second-order valence-corrected chi connectivity index (χ2v) is 13.3. The maximum Gasteiger partial charge on any atom is 0.322 e. The lowest BCUT2D eigenvalue weighted by Crippen LogP contribution is -2.37. The summed E-state index contributed by atoms with van der Waals surface area (Å²) in [5.74, 6) is -0.119. The van der Waals surface area contributed by atoms with Crippen molar-refractivity contribution in [3.05, 3.63) is 54.1 Å². The Balaban J connectivity index is 1.72. The van der Waals surface area contributed by atoms with E-state index in [2.05, 4.69) is 15.5 Å². The van der Waals surface area contributed by atoms with Crippen LogP contribution in [0.15, 0.2) is 62.7 Å². The van der Waals surface area contributed by atoms with Gasteiger partial charge >= 0.3 is 6.01 Å². The number of amides is 1. The molecule has 0 bridgehead atoms. The molecule has 0 radical (unpaired) electrons. The normalized spacial score (nSPS) is 12.4. The summed E-state index contributed by atoms with van der Waals surface area (Å²) in [6, 6.07) is 11.4. The number of sulfone groups is 1. The van der Waals surface area contributed by atoms with Gasteiger partial charge in [0.1, 0.15) is 0 Å². The lowest BCUT2D eigenvalue weighted by Gasteiger charge is -2.25. The third-order valence-corrected chi connectivity index (χ3v) is 8.04. The minimum atomic E-state index is -3.71. The van der Waals surface area contributed by atoms with Crippen LogP contribution in [0, 0.1) is 11.8 Å². The molecule has 0 saturated carbocycles. The van der Waals surface area contributed by atoms with Crippen molar-refractivity contribution in [2.75, 3.05) is 24.7 Å². The minimum Gasteiger partial charge on any atom is -0.403 e. The predicted octanol–water partition coefficient (Wildman–Crippen LogP) is 3.70. The van der Waals surface area contributed by atoms with Gasteiger partial charge in [0, 0.05) is 30.5 Å². The van der Waals surface area contributed by atoms with E-state index in [9.17, 15) is 21.6 Å². The summed E-state index contributed by atoms with van der Waals surface area (Å²) in [7, 11) is -7.04. The Labute approximate surface area is 211 Å². The van der Waals surface area contributed by atoms with E-state index in [1.54, 1.807) is 0 Å². The Kier molecular flexibility index (Phi) is 8.32. The molecule has 3 aromatic rings. The van der Waals surface area contributed by atoms with Crippen LogP contribution in [-0.2, 0) is 19.9 Å². The zero-order valence-electron chi connectivity index (χ0n) is 20.8. The Hall–Kier alpha value is -3.09. The molecule has 0 unspecified atom stereocenters. The number of carbonyl (C=O) groups excluding carboxylic acids is 1. The second-order valence-electron chi connectivity index (χ2n) is 9.30. The number of aromatic nitrogens is 2. The van der Waals surface area contributed by atoms with Gasteiger partial charge in [0.25, 0.3) is 5.91 Å². The average molecular weight is 535 g/mol. The van der Waals surface area contributed by atoms with Crippen molar-refractivity contribution in [2.24, 2.45) is 11.8 Å². The molecule has 0 spiro atoms. The molecule has 12 heteroatoms. The third kappa shape index (κ3) is 6.77. The quantitative estimate of drug-likeness (QED) is 0.415. The number of benzene rings is 2. The Bertz CT molecular complexity index is 1400. The van der Waals surface area contributed by atoms with Crippen molar-refractivity contribution >= 4 is 31.8 Å². The zero-order valence-corrected chi connectivity index (χ0v) is 22.4. The standard InChI is InChI=1S/C24H30N4O6S2/c1-16(2)14-28(15-17(3)4)36(32,33)21-12-6-18(7-13-21)22(29)25-24-27-26-23(34-24)19-8-10-20(11-9-19)35(5,30)31/h6-13,16-17H,14-15H2,1-5H3,(H,25,27,29). The number of nitrogens with one attached hydrogen (secondary N) is 1. The summed E-state index contributed by atoms with van der Waals surface area (Å²) in [5, 5.41) is 10.1. The fourth-order valence-corrected chi connectivity index (χ4v) is 5.81. The van der Waals surface area contributed by atoms with Crippen molar-refractivity contribution in [1.82, 2.24) is 14.5 Å². The van der Waals surface area contributed by atoms with E-state index in [0.29, 0.717) is 18.7 Å². The van der Waals surface area contributed by atoms with Crippen molar-refractivity contribution < 1.29 is 26.0 Å². The number of rotatable bonds is 10. The highest BCUT2D eigenvalue weighted by molar-refractivity contribution is 7.90. The van der Waals surface area contributed by atoms with Gasteiger partial charge in [0.2, 0.25) is 15.9 Å². The molecule has 36 heavy (non-hydrogen) atoms. The van der Waals surface area contributed by atoms with Gasteiger partial charge in [0.05, 0.1) is 9.79 Å². The van der Waals surface area contributed by atoms with Gasteiger partial charge in [-0.3, -0.25) is 10.1 Å². The molecule has 194 valence electrons. The average Bonchev–Trinajstić information content (AvgIpc) is 3.26. The van der Waals surface area contributed by atoms with E-state index in [1.165, 1.54) is 52.8 Å². The van der Waals surface area contributed by atoms with Gasteiger partial charge in [-0.1, -0.05) is 32.8 Å². The second kappa shape index (κ2) is 10.9. The van der Waals surface area contributed by atoms with E-state index in [4.69, 9.17) is 4.42 Å². The molecule has 10 nitrogen and oxygen atoms in total. The fourth-order valence-electron chi connectivity index (χ4n) is 3.42. The number of nitrogens with zero attached hydrogens (tertiary/aromatic N) is 3. The van der Waals surface area contributed by atoms with Gasteiger partial charge in [-0.2, -0.15) is 4.31 Å². The molecule has 0 saturated heterocycles. The molecule has 1 N–H and O–H groups in total. The van der Waals surface area contributed by atoms with Gasteiger partial charge in [-0.05, 0) is 60.4 Å². The van der Waals surface area contributed by atoms with Crippen molar-refractivity contribution in [1.29, 1.82) is 0 Å². The molecular weight excluding hydrogens is 504 g/mol. The smallest absolute Gasteiger partial charge is 0.322 e. The molecule has 0 aliphatic heterocycles. The van der Waals surface area contributed by atoms with E-state index in [1.807, 2.05) is 27.7 Å². The third-order valence-electron chi connectivity index (χ3n) is 5.07. The molecule has 0 aliphatic rings. The first-order chi connectivity index (χ1) is 16.8. The van der Waals surface area contributed by atoms with E-state index >= 15 is 0 Å². The zero-order chi connectivity index (χ0) is 26.7. The monoisotopic (exact) mass is 534 g/mol. The summed E-state index contributed by atoms with van der Waals surface area (Å²) < 4.78 is 56.4. The molecule has 0 atom stereocenters. The Morgan fingerprint density at radius 1 is 0.861 bits per heavy atom. The number of sulfonamides is 1. The molecule has 3 rings (SSSR count). The number of hydrogen-bond acceptors (Lipinski definition) is 8. The maximum absolute atomic E-state index is 13.1. The van der Waals surface area contributed by atoms with Crippen LogP contribution in [0.4, 0.5) is 6.01 Å². The summed E-state index contributed by atoms with van der Waals surface area (Å²) in [4.78, 5) is 12.9. The Morgan fingerprint density at radius 3 is 1.89 bits per heavy atom. The topological polar surface area (TPSA) is 140 Å². The van der Waals surface area contributed by atoms with Crippen LogP contribution < -0.4 is 5.32 Å². The first kappa shape index (κ1) is 27.5. The summed E-state index contributed by atoms with van der Waals surface area (Å²) >= 11 is 0. The SMILES string of the molecule is CC(C)CN(CC(C)C)S(=O)(=O)c1ccc(C(=O)Nc2nnc(-c3ccc(S(C)(=O)=O)cc3)o2)cc1. The molecule has 1 aromatic heterocycles. The lowest BCUT2D eigenvalue weighted by molar-refractivity contribution is 0.102. The largest absolute Gasteiger partial charge is 0.403 e. The molecule has 1 heterocycles. The highest BCUT2D eigenvalue weighted by Gasteiger charge is 2.26. The van der Waals surface area contributed by atoms with Crippen LogP contribution in [0.25, 0.3) is 11.5 Å². The first-order valence-electron chi connectivity index (χ1n) is 11.3. The summed E-state index contributed by atoms with van der Waals surface area (Å²) in [6.07, 6.45) is 1.11. The van der Waals surface area contributed by atoms with Gasteiger partial charge in [-0.25, -0.2) is 16.8 Å². The number of carbonyl (C=O) groups is 1. The van der Waals surface area contributed by atoms with Crippen molar-refractivity contribution in [3.63, 3.8) is 0 Å². The first-order valence-corrected chi connectivity index (χ1v) is 14.7. The van der Waals surface area contributed by atoms with E-state index in [-0.39, 0.29) is 39.1 Å². The highest BCUT2D eigenvalue weighted by Crippen LogP contribution is 2.23. The van der Waals surface area contributed by atoms with Crippen LogP contribution in [0.1, 0.15) is 38.1 Å². The highest BCUT2D eigenvalue weighted by atomic mass is 32.2. The molecule has 0 aliphatic carbocycles. The van der Waals surface area contributed by atoms with Crippen LogP contribution in [0.5, 0.6) is 0 Å². The van der Waals surface area contributed by atoms with E-state index < -0.39 is 25.8 Å². The van der Waals surface area contributed by atoms with Gasteiger partial charge in [-0.15, -0.1) is 5.10 Å². The summed E-state index contributed by atoms with van der Waals surface area (Å²) in [5.41, 5.74) is 0.697. The predicted molar refractivity (Wildman–Crippen MR) is 136 cm³/mol. The van der Waals surface area contributed by atoms with Crippen LogP contribution in [0.3, 0.4) is 0 Å². The number of hydrogen-bond donors (Lipinski definition) is 1. The van der Waals surface area contributed by atoms with Crippen molar-refractivity contribution in [2.45, 2.75) is 37.5 Å². The molecule has 2 aromatic carbocycles. The Morgan fingerprint density at radius 2 is 1.39 bits per heavy atom. The maximum atomic E-state index is 13.1. The van der Waals surface area contributed by atoms with Crippen LogP contribution in [-0.4, -0.2) is 56.6 Å².